The minimum Gasteiger partial charge on any atom is -0.497 e. The van der Waals surface area contributed by atoms with Gasteiger partial charge < -0.3 is 14.6 Å². The summed E-state index contributed by atoms with van der Waals surface area (Å²) in [5.41, 5.74) is 2.14. The van der Waals surface area contributed by atoms with Gasteiger partial charge in [0.05, 0.1) is 18.8 Å². The number of aromatic nitrogens is 2. The Kier molecular flexibility index (Phi) is 4.93. The lowest BCUT2D eigenvalue weighted by molar-refractivity contribution is 0.0731. The maximum absolute atomic E-state index is 13.0. The summed E-state index contributed by atoms with van der Waals surface area (Å²) in [5.74, 6) is 0.489. The molecule has 4 rings (SSSR count). The van der Waals surface area contributed by atoms with E-state index in [9.17, 15) is 9.59 Å². The van der Waals surface area contributed by atoms with E-state index in [2.05, 4.69) is 9.97 Å². The van der Waals surface area contributed by atoms with Crippen molar-refractivity contribution >= 4 is 5.91 Å². The number of likely N-dealkylation sites (tertiary alicyclic amines) is 1. The molecule has 3 heterocycles. The van der Waals surface area contributed by atoms with Gasteiger partial charge in [-0.2, -0.15) is 0 Å². The second kappa shape index (κ2) is 7.68. The van der Waals surface area contributed by atoms with Crippen LogP contribution >= 0.6 is 0 Å². The average molecular weight is 375 g/mol. The van der Waals surface area contributed by atoms with E-state index in [1.807, 2.05) is 42.5 Å². The number of nitrogens with zero attached hydrogens (tertiary/aromatic N) is 2. The Morgan fingerprint density at radius 2 is 1.96 bits per heavy atom. The van der Waals surface area contributed by atoms with Crippen LogP contribution in [0.5, 0.6) is 5.75 Å². The van der Waals surface area contributed by atoms with Crippen molar-refractivity contribution in [3.05, 3.63) is 82.4 Å². The predicted molar refractivity (Wildman–Crippen MR) is 106 cm³/mol. The number of hydrogen-bond donors (Lipinski definition) is 1. The number of carbonyl (C=O) groups excluding carboxylic acids is 1. The molecule has 1 N–H and O–H groups in total. The fourth-order valence-corrected chi connectivity index (χ4v) is 3.63. The van der Waals surface area contributed by atoms with Crippen molar-refractivity contribution in [2.45, 2.75) is 18.9 Å². The summed E-state index contributed by atoms with van der Waals surface area (Å²) in [7, 11) is 1.61. The van der Waals surface area contributed by atoms with E-state index in [-0.39, 0.29) is 23.1 Å². The number of hydrogen-bond acceptors (Lipinski definition) is 4. The lowest BCUT2D eigenvalue weighted by atomic mass is 10.1. The van der Waals surface area contributed by atoms with E-state index < -0.39 is 0 Å². The van der Waals surface area contributed by atoms with Gasteiger partial charge in [0.15, 0.2) is 0 Å². The monoisotopic (exact) mass is 375 g/mol. The van der Waals surface area contributed by atoms with Gasteiger partial charge in [-0.25, -0.2) is 0 Å². The molecule has 0 spiro atoms. The third kappa shape index (κ3) is 3.41. The zero-order valence-corrected chi connectivity index (χ0v) is 15.6. The standard InChI is InChI=1S/C22H21N3O3/c1-28-16-9-7-15(8-10-16)18-12-11-17(21(26)24-18)22(27)25-14-4-6-20(25)19-5-2-3-13-23-19/h2-3,5,7-13,20H,4,6,14H2,1H3,(H,24,26)/t20-/m1/s1. The third-order valence-corrected chi connectivity index (χ3v) is 5.08. The molecule has 1 atom stereocenters. The predicted octanol–water partition coefficient (Wildman–Crippen LogP) is 3.42. The summed E-state index contributed by atoms with van der Waals surface area (Å²) in [6.45, 7) is 0.625. The number of H-pyrrole nitrogens is 1. The molecule has 1 aliphatic heterocycles. The van der Waals surface area contributed by atoms with Crippen LogP contribution in [-0.2, 0) is 0 Å². The molecule has 0 saturated carbocycles. The Bertz CT molecular complexity index is 1030. The van der Waals surface area contributed by atoms with Gasteiger partial charge in [-0.15, -0.1) is 0 Å². The molecule has 142 valence electrons. The van der Waals surface area contributed by atoms with E-state index >= 15 is 0 Å². The van der Waals surface area contributed by atoms with Gasteiger partial charge in [-0.1, -0.05) is 6.07 Å². The zero-order valence-electron chi connectivity index (χ0n) is 15.6. The van der Waals surface area contributed by atoms with Crippen LogP contribution < -0.4 is 10.3 Å². The first-order valence-corrected chi connectivity index (χ1v) is 9.27. The highest BCUT2D eigenvalue weighted by atomic mass is 16.5. The van der Waals surface area contributed by atoms with Gasteiger partial charge in [0.2, 0.25) is 0 Å². The molecule has 1 saturated heterocycles. The molecule has 1 fully saturated rings. The van der Waals surface area contributed by atoms with Crippen molar-refractivity contribution in [1.29, 1.82) is 0 Å². The van der Waals surface area contributed by atoms with Crippen LogP contribution in [0.2, 0.25) is 0 Å². The molecule has 1 aromatic carbocycles. The smallest absolute Gasteiger partial charge is 0.261 e. The van der Waals surface area contributed by atoms with Crippen LogP contribution in [0.25, 0.3) is 11.3 Å². The van der Waals surface area contributed by atoms with Gasteiger partial charge >= 0.3 is 0 Å². The molecule has 0 aliphatic carbocycles. The molecule has 0 unspecified atom stereocenters. The second-order valence-corrected chi connectivity index (χ2v) is 6.75. The summed E-state index contributed by atoms with van der Waals surface area (Å²) in [6.07, 6.45) is 3.48. The SMILES string of the molecule is COc1ccc(-c2ccc(C(=O)N3CCC[C@@H]3c3ccccn3)c(=O)[nH]2)cc1. The molecular weight excluding hydrogens is 354 g/mol. The summed E-state index contributed by atoms with van der Waals surface area (Å²) in [4.78, 5) is 34.6. The van der Waals surface area contributed by atoms with E-state index in [1.54, 1.807) is 30.3 Å². The molecule has 6 nitrogen and oxygen atoms in total. The Hall–Kier alpha value is -3.41. The number of nitrogens with one attached hydrogen (secondary N) is 1. The number of benzene rings is 1. The van der Waals surface area contributed by atoms with Crippen molar-refractivity contribution in [1.82, 2.24) is 14.9 Å². The van der Waals surface area contributed by atoms with Gasteiger partial charge in [-0.3, -0.25) is 14.6 Å². The van der Waals surface area contributed by atoms with Crippen LogP contribution in [0, 0.1) is 0 Å². The molecular formula is C22H21N3O3. The van der Waals surface area contributed by atoms with Crippen molar-refractivity contribution in [2.24, 2.45) is 0 Å². The van der Waals surface area contributed by atoms with Gasteiger partial charge in [-0.05, 0) is 66.9 Å². The normalized spacial score (nSPS) is 16.2. The van der Waals surface area contributed by atoms with E-state index in [0.717, 1.165) is 29.8 Å². The number of ether oxygens (including phenoxy) is 1. The second-order valence-electron chi connectivity index (χ2n) is 6.75. The lowest BCUT2D eigenvalue weighted by Gasteiger charge is -2.24. The number of aromatic amines is 1. The lowest BCUT2D eigenvalue weighted by Crippen LogP contribution is -2.34. The first-order chi connectivity index (χ1) is 13.7. The fraction of sp³-hybridized carbons (Fsp3) is 0.227. The molecule has 6 heteroatoms. The Morgan fingerprint density at radius 1 is 1.14 bits per heavy atom. The third-order valence-electron chi connectivity index (χ3n) is 5.08. The van der Waals surface area contributed by atoms with Crippen molar-refractivity contribution in [3.8, 4) is 17.0 Å². The average Bonchev–Trinajstić information content (AvgIpc) is 3.24. The Labute approximate surface area is 162 Å². The fourth-order valence-electron chi connectivity index (χ4n) is 3.63. The van der Waals surface area contributed by atoms with E-state index in [0.29, 0.717) is 12.2 Å². The molecule has 1 aliphatic rings. The number of carbonyl (C=O) groups is 1. The molecule has 2 aromatic heterocycles. The van der Waals surface area contributed by atoms with E-state index in [1.165, 1.54) is 0 Å². The number of amides is 1. The highest BCUT2D eigenvalue weighted by molar-refractivity contribution is 5.94. The molecule has 3 aromatic rings. The first-order valence-electron chi connectivity index (χ1n) is 9.27. The maximum atomic E-state index is 13.0. The summed E-state index contributed by atoms with van der Waals surface area (Å²) >= 11 is 0. The van der Waals surface area contributed by atoms with Gasteiger partial charge in [0.25, 0.3) is 11.5 Å². The first kappa shape index (κ1) is 18.0. The summed E-state index contributed by atoms with van der Waals surface area (Å²) in [6, 6.07) is 16.4. The van der Waals surface area contributed by atoms with Crippen LogP contribution in [0.15, 0.2) is 65.6 Å². The van der Waals surface area contributed by atoms with Gasteiger partial charge in [0.1, 0.15) is 11.3 Å². The largest absolute Gasteiger partial charge is 0.497 e. The topological polar surface area (TPSA) is 75.3 Å². The quantitative estimate of drug-likeness (QED) is 0.758. The van der Waals surface area contributed by atoms with Crippen molar-refractivity contribution < 1.29 is 9.53 Å². The van der Waals surface area contributed by atoms with Crippen molar-refractivity contribution in [2.75, 3.05) is 13.7 Å². The number of methoxy groups -OCH3 is 1. The highest BCUT2D eigenvalue weighted by Crippen LogP contribution is 2.31. The van der Waals surface area contributed by atoms with Crippen LogP contribution in [0.1, 0.15) is 34.9 Å². The van der Waals surface area contributed by atoms with E-state index in [4.69, 9.17) is 4.74 Å². The molecule has 0 bridgehead atoms. The van der Waals surface area contributed by atoms with Crippen LogP contribution in [0.3, 0.4) is 0 Å². The Morgan fingerprint density at radius 3 is 2.64 bits per heavy atom. The molecule has 0 radical (unpaired) electrons. The minimum absolute atomic E-state index is 0.0886. The zero-order chi connectivity index (χ0) is 19.5. The summed E-state index contributed by atoms with van der Waals surface area (Å²) in [5, 5.41) is 0. The molecule has 28 heavy (non-hydrogen) atoms. The Balaban J connectivity index is 1.60. The van der Waals surface area contributed by atoms with Crippen LogP contribution in [0.4, 0.5) is 0 Å². The number of rotatable bonds is 4. The maximum Gasteiger partial charge on any atom is 0.261 e. The minimum atomic E-state index is -0.384. The molecule has 1 amide bonds. The van der Waals surface area contributed by atoms with Crippen LogP contribution in [-0.4, -0.2) is 34.4 Å². The van der Waals surface area contributed by atoms with Gasteiger partial charge in [0, 0.05) is 18.4 Å². The van der Waals surface area contributed by atoms with Crippen molar-refractivity contribution in [3.63, 3.8) is 0 Å². The highest BCUT2D eigenvalue weighted by Gasteiger charge is 2.32. The summed E-state index contributed by atoms with van der Waals surface area (Å²) < 4.78 is 5.16. The number of pyridine rings is 2.